The number of carbonyl (C=O) groups is 2. The molecule has 2 aromatic rings. The highest BCUT2D eigenvalue weighted by Gasteiger charge is 2.45. The zero-order chi connectivity index (χ0) is 28.5. The van der Waals surface area contributed by atoms with E-state index < -0.39 is 33.9 Å². The van der Waals surface area contributed by atoms with Crippen LogP contribution in [-0.2, 0) is 32.5 Å². The Labute approximate surface area is 232 Å². The zero-order valence-corrected chi connectivity index (χ0v) is 22.8. The summed E-state index contributed by atoms with van der Waals surface area (Å²) in [6.45, 7) is 1.31. The summed E-state index contributed by atoms with van der Waals surface area (Å²) in [6, 6.07) is 13.2. The molecule has 216 valence electrons. The maximum absolute atomic E-state index is 13.5. The fourth-order valence-electron chi connectivity index (χ4n) is 5.81. The molecule has 1 N–H and O–H groups in total. The second kappa shape index (κ2) is 11.5. The first kappa shape index (κ1) is 28.6. The van der Waals surface area contributed by atoms with Crippen LogP contribution in [-0.4, -0.2) is 66.0 Å². The molecule has 0 unspecified atom stereocenters. The van der Waals surface area contributed by atoms with Crippen LogP contribution in [0.25, 0.3) is 0 Å². The lowest BCUT2D eigenvalue weighted by Gasteiger charge is -2.44. The molecule has 3 aliphatic rings. The van der Waals surface area contributed by atoms with Gasteiger partial charge in [0.1, 0.15) is 6.04 Å². The van der Waals surface area contributed by atoms with Crippen molar-refractivity contribution in [3.8, 4) is 0 Å². The standard InChI is InChI=1S/C28H33F3N4O4S/c29-28(30,31)23-12-10-20(11-13-23)18-32-26(36)25-9-5-16-34(25)27(37)22-8-4-15-33(19-22)40(38,39)35-17-14-24(35)21-6-2-1-3-7-21/h1-3,6-7,10-13,22,24-25H,4-5,8-9,14-19H2,(H,32,36)/t22-,24+,25+/m0/s1. The van der Waals surface area contributed by atoms with Crippen molar-refractivity contribution in [3.05, 3.63) is 71.3 Å². The van der Waals surface area contributed by atoms with Crippen LogP contribution in [0.4, 0.5) is 13.2 Å². The van der Waals surface area contributed by atoms with E-state index in [0.717, 1.165) is 24.1 Å². The highest BCUT2D eigenvalue weighted by Crippen LogP contribution is 2.38. The van der Waals surface area contributed by atoms with E-state index in [4.69, 9.17) is 0 Å². The molecule has 2 amide bonds. The van der Waals surface area contributed by atoms with Crippen molar-refractivity contribution in [1.82, 2.24) is 18.8 Å². The van der Waals surface area contributed by atoms with E-state index in [-0.39, 0.29) is 30.9 Å². The van der Waals surface area contributed by atoms with E-state index in [0.29, 0.717) is 50.9 Å². The molecule has 3 aliphatic heterocycles. The molecule has 12 heteroatoms. The van der Waals surface area contributed by atoms with Crippen LogP contribution in [0.1, 0.15) is 54.8 Å². The van der Waals surface area contributed by atoms with E-state index in [1.54, 1.807) is 4.90 Å². The van der Waals surface area contributed by atoms with Crippen molar-refractivity contribution < 1.29 is 31.2 Å². The third kappa shape index (κ3) is 5.89. The average Bonchev–Trinajstić information content (AvgIpc) is 3.41. The van der Waals surface area contributed by atoms with Gasteiger partial charge >= 0.3 is 6.18 Å². The monoisotopic (exact) mass is 578 g/mol. The summed E-state index contributed by atoms with van der Waals surface area (Å²) in [6.07, 6.45) is -1.46. The second-order valence-corrected chi connectivity index (χ2v) is 12.5. The summed E-state index contributed by atoms with van der Waals surface area (Å²) in [7, 11) is -3.75. The number of nitrogens with one attached hydrogen (secondary N) is 1. The molecule has 40 heavy (non-hydrogen) atoms. The minimum atomic E-state index is -4.43. The number of rotatable bonds is 7. The van der Waals surface area contributed by atoms with Gasteiger partial charge in [-0.15, -0.1) is 0 Å². The van der Waals surface area contributed by atoms with E-state index in [9.17, 15) is 31.2 Å². The Bertz CT molecular complexity index is 1320. The zero-order valence-electron chi connectivity index (χ0n) is 22.0. The van der Waals surface area contributed by atoms with Crippen molar-refractivity contribution in [1.29, 1.82) is 0 Å². The molecule has 3 atom stereocenters. The van der Waals surface area contributed by atoms with Crippen LogP contribution < -0.4 is 5.32 Å². The summed E-state index contributed by atoms with van der Waals surface area (Å²) in [5.41, 5.74) is 0.706. The molecule has 2 aromatic carbocycles. The Hall–Kier alpha value is -2.96. The summed E-state index contributed by atoms with van der Waals surface area (Å²) in [5, 5.41) is 2.74. The molecule has 0 spiro atoms. The Kier molecular flexibility index (Phi) is 8.21. The number of carbonyl (C=O) groups excluding carboxylic acids is 2. The van der Waals surface area contributed by atoms with Gasteiger partial charge in [0.25, 0.3) is 10.2 Å². The second-order valence-electron chi connectivity index (χ2n) is 10.6. The lowest BCUT2D eigenvalue weighted by Crippen LogP contribution is -2.56. The first-order chi connectivity index (χ1) is 19.1. The van der Waals surface area contributed by atoms with Crippen molar-refractivity contribution >= 4 is 22.0 Å². The van der Waals surface area contributed by atoms with Crippen molar-refractivity contribution in [2.45, 2.75) is 56.9 Å². The molecule has 3 heterocycles. The largest absolute Gasteiger partial charge is 0.416 e. The van der Waals surface area contributed by atoms with Crippen LogP contribution in [0.5, 0.6) is 0 Å². The Balaban J connectivity index is 1.19. The molecule has 3 saturated heterocycles. The number of likely N-dealkylation sites (tertiary alicyclic amines) is 1. The summed E-state index contributed by atoms with van der Waals surface area (Å²) in [4.78, 5) is 28.1. The van der Waals surface area contributed by atoms with Gasteiger partial charge in [0.2, 0.25) is 11.8 Å². The van der Waals surface area contributed by atoms with E-state index in [1.807, 2.05) is 30.3 Å². The van der Waals surface area contributed by atoms with E-state index in [2.05, 4.69) is 5.32 Å². The minimum Gasteiger partial charge on any atom is -0.350 e. The van der Waals surface area contributed by atoms with Gasteiger partial charge in [-0.05, 0) is 55.4 Å². The maximum Gasteiger partial charge on any atom is 0.416 e. The SMILES string of the molecule is O=C(NCc1ccc(C(F)(F)F)cc1)[C@H]1CCCN1C(=O)[C@H]1CCCN(S(=O)(=O)N2CC[C@@H]2c2ccccc2)C1. The van der Waals surface area contributed by atoms with Crippen molar-refractivity contribution in [2.24, 2.45) is 5.92 Å². The number of benzene rings is 2. The molecule has 0 bridgehead atoms. The van der Waals surface area contributed by atoms with Gasteiger partial charge < -0.3 is 10.2 Å². The predicted molar refractivity (Wildman–Crippen MR) is 142 cm³/mol. The molecule has 3 fully saturated rings. The summed E-state index contributed by atoms with van der Waals surface area (Å²) >= 11 is 0. The third-order valence-electron chi connectivity index (χ3n) is 8.10. The fraction of sp³-hybridized carbons (Fsp3) is 0.500. The quantitative estimate of drug-likeness (QED) is 0.543. The smallest absolute Gasteiger partial charge is 0.350 e. The number of alkyl halides is 3. The number of amides is 2. The van der Waals surface area contributed by atoms with Gasteiger partial charge in [0.05, 0.1) is 17.5 Å². The van der Waals surface area contributed by atoms with Gasteiger partial charge in [-0.25, -0.2) is 0 Å². The van der Waals surface area contributed by atoms with Gasteiger partial charge in [-0.1, -0.05) is 42.5 Å². The lowest BCUT2D eigenvalue weighted by atomic mass is 9.97. The molecular formula is C28H33F3N4O4S. The Morgan fingerprint density at radius 1 is 0.900 bits per heavy atom. The average molecular weight is 579 g/mol. The van der Waals surface area contributed by atoms with Crippen LogP contribution in [0.15, 0.2) is 54.6 Å². The Morgan fingerprint density at radius 2 is 1.60 bits per heavy atom. The molecule has 0 radical (unpaired) electrons. The highest BCUT2D eigenvalue weighted by molar-refractivity contribution is 7.86. The number of halogens is 3. The van der Waals surface area contributed by atoms with E-state index in [1.165, 1.54) is 20.7 Å². The number of hydrogen-bond donors (Lipinski definition) is 1. The van der Waals surface area contributed by atoms with Crippen LogP contribution in [0, 0.1) is 5.92 Å². The van der Waals surface area contributed by atoms with Gasteiger partial charge in [0.15, 0.2) is 0 Å². The Morgan fingerprint density at radius 3 is 2.25 bits per heavy atom. The molecule has 8 nitrogen and oxygen atoms in total. The van der Waals surface area contributed by atoms with Crippen LogP contribution in [0.2, 0.25) is 0 Å². The minimum absolute atomic E-state index is 0.0450. The third-order valence-corrected chi connectivity index (χ3v) is 10.1. The molecule has 0 aliphatic carbocycles. The maximum atomic E-state index is 13.5. The van der Waals surface area contributed by atoms with Crippen LogP contribution in [0.3, 0.4) is 0 Å². The van der Waals surface area contributed by atoms with Gasteiger partial charge in [-0.3, -0.25) is 9.59 Å². The number of piperidine rings is 1. The summed E-state index contributed by atoms with van der Waals surface area (Å²) in [5.74, 6) is -1.13. The van der Waals surface area contributed by atoms with Crippen molar-refractivity contribution in [3.63, 3.8) is 0 Å². The first-order valence-corrected chi connectivity index (χ1v) is 15.0. The molecular weight excluding hydrogens is 545 g/mol. The van der Waals surface area contributed by atoms with Crippen molar-refractivity contribution in [2.75, 3.05) is 26.2 Å². The molecule has 0 saturated carbocycles. The predicted octanol–water partition coefficient (Wildman–Crippen LogP) is 3.72. The first-order valence-electron chi connectivity index (χ1n) is 13.6. The lowest BCUT2D eigenvalue weighted by molar-refractivity contribution is -0.142. The number of nitrogens with zero attached hydrogens (tertiary/aromatic N) is 3. The van der Waals surface area contributed by atoms with Gasteiger partial charge in [0, 0.05) is 32.7 Å². The molecule has 5 rings (SSSR count). The summed E-state index contributed by atoms with van der Waals surface area (Å²) < 4.78 is 68.3. The number of hydrogen-bond acceptors (Lipinski definition) is 4. The highest BCUT2D eigenvalue weighted by atomic mass is 32.2. The van der Waals surface area contributed by atoms with Crippen LogP contribution >= 0.6 is 0 Å². The fourth-order valence-corrected chi connectivity index (χ4v) is 7.72. The normalized spacial score (nSPS) is 24.5. The van der Waals surface area contributed by atoms with Gasteiger partial charge in [-0.2, -0.15) is 30.2 Å². The molecule has 0 aromatic heterocycles. The van der Waals surface area contributed by atoms with E-state index >= 15 is 0 Å². The topological polar surface area (TPSA) is 90.0 Å².